The zero-order valence-electron chi connectivity index (χ0n) is 10.5. The highest BCUT2D eigenvalue weighted by atomic mass is 35.5. The third-order valence-corrected chi connectivity index (χ3v) is 3.05. The van der Waals surface area contributed by atoms with Crippen LogP contribution in [0.3, 0.4) is 0 Å². The summed E-state index contributed by atoms with van der Waals surface area (Å²) < 4.78 is 5.93. The number of hydrogen-bond donors (Lipinski definition) is 1. The van der Waals surface area contributed by atoms with Crippen LogP contribution in [0.25, 0.3) is 0 Å². The van der Waals surface area contributed by atoms with Crippen molar-refractivity contribution in [3.63, 3.8) is 0 Å². The number of benzene rings is 2. The first kappa shape index (κ1) is 12.9. The molecule has 2 aromatic carbocycles. The quantitative estimate of drug-likeness (QED) is 0.898. The Labute approximate surface area is 112 Å². The molecule has 2 rings (SSSR count). The largest absolute Gasteiger partial charge is 0.457 e. The normalized spacial score (nSPS) is 10.4. The maximum Gasteiger partial charge on any atom is 0.132 e. The van der Waals surface area contributed by atoms with Gasteiger partial charge < -0.3 is 10.5 Å². The van der Waals surface area contributed by atoms with Gasteiger partial charge in [0.25, 0.3) is 0 Å². The first-order valence-electron chi connectivity index (χ1n) is 5.84. The van der Waals surface area contributed by atoms with Crippen molar-refractivity contribution >= 4 is 11.6 Å². The van der Waals surface area contributed by atoms with E-state index in [0.717, 1.165) is 28.2 Å². The van der Waals surface area contributed by atoms with E-state index in [4.69, 9.17) is 22.1 Å². The van der Waals surface area contributed by atoms with Crippen molar-refractivity contribution in [1.82, 2.24) is 0 Å². The molecule has 0 aliphatic heterocycles. The lowest BCUT2D eigenvalue weighted by molar-refractivity contribution is 0.472. The van der Waals surface area contributed by atoms with Gasteiger partial charge in [0.05, 0.1) is 0 Å². The SMILES string of the molecule is Cc1ccc(CN)c(Oc2cc(Cl)ccc2C)c1. The smallest absolute Gasteiger partial charge is 0.132 e. The van der Waals surface area contributed by atoms with Crippen molar-refractivity contribution in [2.75, 3.05) is 0 Å². The molecule has 0 heterocycles. The highest BCUT2D eigenvalue weighted by molar-refractivity contribution is 6.30. The van der Waals surface area contributed by atoms with E-state index >= 15 is 0 Å². The van der Waals surface area contributed by atoms with Crippen molar-refractivity contribution < 1.29 is 4.74 Å². The van der Waals surface area contributed by atoms with Gasteiger partial charge in [0.1, 0.15) is 11.5 Å². The molecule has 2 N–H and O–H groups in total. The molecule has 0 aliphatic carbocycles. The molecule has 0 fully saturated rings. The fourth-order valence-electron chi connectivity index (χ4n) is 1.73. The van der Waals surface area contributed by atoms with Gasteiger partial charge in [0.15, 0.2) is 0 Å². The molecule has 0 spiro atoms. The number of nitrogens with two attached hydrogens (primary N) is 1. The van der Waals surface area contributed by atoms with Gasteiger partial charge in [-0.1, -0.05) is 29.8 Å². The Morgan fingerprint density at radius 1 is 1.06 bits per heavy atom. The first-order valence-corrected chi connectivity index (χ1v) is 6.21. The van der Waals surface area contributed by atoms with E-state index < -0.39 is 0 Å². The third-order valence-electron chi connectivity index (χ3n) is 2.81. The number of aryl methyl sites for hydroxylation is 2. The lowest BCUT2D eigenvalue weighted by atomic mass is 10.1. The summed E-state index contributed by atoms with van der Waals surface area (Å²) in [6, 6.07) is 11.6. The third kappa shape index (κ3) is 2.84. The van der Waals surface area contributed by atoms with Gasteiger partial charge >= 0.3 is 0 Å². The van der Waals surface area contributed by atoms with E-state index in [-0.39, 0.29) is 0 Å². The molecule has 2 nitrogen and oxygen atoms in total. The van der Waals surface area contributed by atoms with Crippen LogP contribution in [0.2, 0.25) is 5.02 Å². The molecule has 3 heteroatoms. The maximum absolute atomic E-state index is 5.98. The Balaban J connectivity index is 2.38. The van der Waals surface area contributed by atoms with E-state index in [9.17, 15) is 0 Å². The summed E-state index contributed by atoms with van der Waals surface area (Å²) in [6.07, 6.45) is 0. The summed E-state index contributed by atoms with van der Waals surface area (Å²) in [5, 5.41) is 0.664. The van der Waals surface area contributed by atoms with E-state index in [1.165, 1.54) is 0 Å². The molecule has 2 aromatic rings. The Morgan fingerprint density at radius 3 is 2.56 bits per heavy atom. The molecule has 0 saturated carbocycles. The van der Waals surface area contributed by atoms with Crippen LogP contribution in [0, 0.1) is 13.8 Å². The van der Waals surface area contributed by atoms with Crippen molar-refractivity contribution in [3.8, 4) is 11.5 Å². The monoisotopic (exact) mass is 261 g/mol. The van der Waals surface area contributed by atoms with Gasteiger partial charge in [-0.2, -0.15) is 0 Å². The summed E-state index contributed by atoms with van der Waals surface area (Å²) in [6.45, 7) is 4.47. The average molecular weight is 262 g/mol. The number of ether oxygens (including phenoxy) is 1. The first-order chi connectivity index (χ1) is 8.60. The van der Waals surface area contributed by atoms with Crippen LogP contribution in [0.1, 0.15) is 16.7 Å². The van der Waals surface area contributed by atoms with Gasteiger partial charge in [0, 0.05) is 17.1 Å². The van der Waals surface area contributed by atoms with Crippen LogP contribution in [0.5, 0.6) is 11.5 Å². The molecule has 0 aliphatic rings. The second-order valence-corrected chi connectivity index (χ2v) is 4.76. The Kier molecular flexibility index (Phi) is 3.90. The summed E-state index contributed by atoms with van der Waals surface area (Å²) in [5.41, 5.74) is 8.89. The highest BCUT2D eigenvalue weighted by Gasteiger charge is 2.07. The van der Waals surface area contributed by atoms with Crippen LogP contribution in [0.4, 0.5) is 0 Å². The molecule has 0 radical (unpaired) electrons. The Morgan fingerprint density at radius 2 is 1.83 bits per heavy atom. The van der Waals surface area contributed by atoms with Gasteiger partial charge in [-0.25, -0.2) is 0 Å². The van der Waals surface area contributed by atoms with Crippen molar-refractivity contribution in [2.24, 2.45) is 5.73 Å². The van der Waals surface area contributed by atoms with Crippen LogP contribution in [-0.2, 0) is 6.54 Å². The molecule has 0 aromatic heterocycles. The second kappa shape index (κ2) is 5.42. The minimum atomic E-state index is 0.454. The fraction of sp³-hybridized carbons (Fsp3) is 0.200. The number of hydrogen-bond acceptors (Lipinski definition) is 2. The fourth-order valence-corrected chi connectivity index (χ4v) is 1.89. The summed E-state index contributed by atoms with van der Waals surface area (Å²) in [4.78, 5) is 0. The lowest BCUT2D eigenvalue weighted by Crippen LogP contribution is -2.00. The van der Waals surface area contributed by atoms with Crippen molar-refractivity contribution in [2.45, 2.75) is 20.4 Å². The van der Waals surface area contributed by atoms with E-state index in [1.807, 2.05) is 50.2 Å². The van der Waals surface area contributed by atoms with Crippen LogP contribution < -0.4 is 10.5 Å². The van der Waals surface area contributed by atoms with E-state index in [1.54, 1.807) is 0 Å². The molecule has 0 atom stereocenters. The minimum absolute atomic E-state index is 0.454. The zero-order valence-corrected chi connectivity index (χ0v) is 11.3. The molecular weight excluding hydrogens is 246 g/mol. The van der Waals surface area contributed by atoms with Crippen LogP contribution >= 0.6 is 11.6 Å². The van der Waals surface area contributed by atoms with Crippen molar-refractivity contribution in [3.05, 3.63) is 58.1 Å². The molecule has 0 unspecified atom stereocenters. The van der Waals surface area contributed by atoms with Gasteiger partial charge in [0.2, 0.25) is 0 Å². The highest BCUT2D eigenvalue weighted by Crippen LogP contribution is 2.30. The average Bonchev–Trinajstić information content (AvgIpc) is 2.34. The van der Waals surface area contributed by atoms with Crippen molar-refractivity contribution in [1.29, 1.82) is 0 Å². The molecule has 0 bridgehead atoms. The lowest BCUT2D eigenvalue weighted by Gasteiger charge is -2.13. The van der Waals surface area contributed by atoms with E-state index in [2.05, 4.69) is 0 Å². The Bertz CT molecular complexity index is 566. The summed E-state index contributed by atoms with van der Waals surface area (Å²) in [7, 11) is 0. The number of halogens is 1. The van der Waals surface area contributed by atoms with Gasteiger partial charge in [-0.3, -0.25) is 0 Å². The predicted octanol–water partition coefficient (Wildman–Crippen LogP) is 4.21. The number of rotatable bonds is 3. The summed E-state index contributed by atoms with van der Waals surface area (Å²) >= 11 is 5.98. The van der Waals surface area contributed by atoms with Gasteiger partial charge in [-0.05, 0) is 43.2 Å². The van der Waals surface area contributed by atoms with Gasteiger partial charge in [-0.15, -0.1) is 0 Å². The maximum atomic E-state index is 5.98. The Hall–Kier alpha value is -1.51. The van der Waals surface area contributed by atoms with Crippen LogP contribution in [0.15, 0.2) is 36.4 Å². The molecule has 18 heavy (non-hydrogen) atoms. The van der Waals surface area contributed by atoms with E-state index in [0.29, 0.717) is 11.6 Å². The molecular formula is C15H16ClNO. The molecule has 94 valence electrons. The predicted molar refractivity (Wildman–Crippen MR) is 75.3 cm³/mol. The molecule has 0 saturated heterocycles. The van der Waals surface area contributed by atoms with Crippen LogP contribution in [-0.4, -0.2) is 0 Å². The zero-order chi connectivity index (χ0) is 13.1. The summed E-state index contributed by atoms with van der Waals surface area (Å²) in [5.74, 6) is 1.56. The second-order valence-electron chi connectivity index (χ2n) is 4.33. The minimum Gasteiger partial charge on any atom is -0.457 e. The standard InChI is InChI=1S/C15H16ClNO/c1-10-3-5-12(9-17)15(7-10)18-14-8-13(16)6-4-11(14)2/h3-8H,9,17H2,1-2H3. The topological polar surface area (TPSA) is 35.2 Å². The molecule has 0 amide bonds.